The topological polar surface area (TPSA) is 124 Å². The minimum absolute atomic E-state index is 0.200. The summed E-state index contributed by atoms with van der Waals surface area (Å²) in [6, 6.07) is 6.91. The molecule has 1 aromatic carbocycles. The van der Waals surface area contributed by atoms with Gasteiger partial charge < -0.3 is 19.5 Å². The van der Waals surface area contributed by atoms with Crippen LogP contribution in [0.5, 0.6) is 0 Å². The monoisotopic (exact) mass is 426 g/mol. The number of rotatable bonds is 7. The van der Waals surface area contributed by atoms with Crippen LogP contribution in [0.15, 0.2) is 39.8 Å². The molecule has 9 nitrogen and oxygen atoms in total. The van der Waals surface area contributed by atoms with E-state index in [0.29, 0.717) is 59.4 Å². The van der Waals surface area contributed by atoms with Crippen molar-refractivity contribution in [2.75, 3.05) is 18.4 Å². The van der Waals surface area contributed by atoms with E-state index in [0.717, 1.165) is 11.9 Å². The van der Waals surface area contributed by atoms with Crippen LogP contribution in [0.3, 0.4) is 0 Å². The van der Waals surface area contributed by atoms with Crippen LogP contribution in [0.1, 0.15) is 29.0 Å². The van der Waals surface area contributed by atoms with Gasteiger partial charge in [-0.15, -0.1) is 10.1 Å². The quantitative estimate of drug-likeness (QED) is 0.392. The lowest BCUT2D eigenvalue weighted by molar-refractivity contribution is -0.769. The first-order chi connectivity index (χ1) is 13.5. The highest BCUT2D eigenvalue weighted by Crippen LogP contribution is 2.32. The Morgan fingerprint density at radius 3 is 2.82 bits per heavy atom. The lowest BCUT2D eigenvalue weighted by Crippen LogP contribution is -2.41. The van der Waals surface area contributed by atoms with Crippen LogP contribution in [0, 0.1) is 10.1 Å². The number of nitrogens with zero attached hydrogens (tertiary/aromatic N) is 2. The third-order valence-electron chi connectivity index (χ3n) is 4.43. The van der Waals surface area contributed by atoms with Crippen LogP contribution in [0.2, 0.25) is 5.02 Å². The molecular weight excluding hydrogens is 408 g/mol. The molecule has 1 saturated heterocycles. The average molecular weight is 427 g/mol. The van der Waals surface area contributed by atoms with E-state index < -0.39 is 11.2 Å². The van der Waals surface area contributed by atoms with Crippen molar-refractivity contribution in [3.63, 3.8) is 0 Å². The summed E-state index contributed by atoms with van der Waals surface area (Å²) in [7, 11) is 0. The van der Waals surface area contributed by atoms with E-state index in [-0.39, 0.29) is 5.91 Å². The second kappa shape index (κ2) is 9.18. The largest absolute Gasteiger partial charge is 0.467 e. The number of hydrogen-bond donors (Lipinski definition) is 2. The Labute approximate surface area is 170 Å². The maximum Gasteiger partial charge on any atom is 0.294 e. The number of nitrogens with one attached hydrogen (secondary N) is 1. The van der Waals surface area contributed by atoms with Crippen molar-refractivity contribution in [1.29, 1.82) is 0 Å². The third-order valence-corrected chi connectivity index (χ3v) is 5.44. The van der Waals surface area contributed by atoms with Gasteiger partial charge in [0.25, 0.3) is 11.0 Å². The average Bonchev–Trinajstić information content (AvgIpc) is 3.19. The Hall–Kier alpha value is -2.43. The fourth-order valence-electron chi connectivity index (χ4n) is 3.02. The molecule has 1 amide bonds. The van der Waals surface area contributed by atoms with E-state index in [4.69, 9.17) is 21.2 Å². The standard InChI is InChI=1S/C17H19ClN4O5S/c18-14-9-15(20-10-12-2-1-7-26-12)13(8-16(14)28-19)17(23)21-5-3-11(4-6-21)27-22(24)25/h1-2,7-9,11,20H,3-6,10,19H2. The zero-order valence-electron chi connectivity index (χ0n) is 14.8. The summed E-state index contributed by atoms with van der Waals surface area (Å²) in [4.78, 5) is 30.4. The second-order valence-corrected chi connectivity index (χ2v) is 7.28. The summed E-state index contributed by atoms with van der Waals surface area (Å²) in [6.07, 6.45) is 1.87. The molecule has 150 valence electrons. The van der Waals surface area contributed by atoms with Gasteiger partial charge in [0, 0.05) is 23.7 Å². The number of likely N-dealkylation sites (tertiary alicyclic amines) is 1. The number of benzene rings is 1. The summed E-state index contributed by atoms with van der Waals surface area (Å²) in [6.45, 7) is 1.11. The van der Waals surface area contributed by atoms with Gasteiger partial charge in [0.05, 0.1) is 23.4 Å². The first kappa shape index (κ1) is 20.3. The molecule has 28 heavy (non-hydrogen) atoms. The Morgan fingerprint density at radius 2 is 2.21 bits per heavy atom. The van der Waals surface area contributed by atoms with Crippen LogP contribution in [0.4, 0.5) is 5.69 Å². The van der Waals surface area contributed by atoms with Crippen molar-refractivity contribution in [3.8, 4) is 0 Å². The van der Waals surface area contributed by atoms with Crippen LogP contribution in [0.25, 0.3) is 0 Å². The summed E-state index contributed by atoms with van der Waals surface area (Å²) in [5.74, 6) is 0.512. The van der Waals surface area contributed by atoms with Gasteiger partial charge in [0.1, 0.15) is 11.9 Å². The molecule has 0 radical (unpaired) electrons. The number of anilines is 1. The predicted octanol–water partition coefficient (Wildman–Crippen LogP) is 3.32. The third kappa shape index (κ3) is 4.89. The lowest BCUT2D eigenvalue weighted by atomic mass is 10.1. The van der Waals surface area contributed by atoms with Gasteiger partial charge in [-0.1, -0.05) is 11.6 Å². The van der Waals surface area contributed by atoms with E-state index in [1.807, 2.05) is 6.07 Å². The molecule has 1 fully saturated rings. The highest BCUT2D eigenvalue weighted by Gasteiger charge is 2.27. The number of amides is 1. The smallest absolute Gasteiger partial charge is 0.294 e. The zero-order valence-corrected chi connectivity index (χ0v) is 16.4. The Kier molecular flexibility index (Phi) is 6.65. The van der Waals surface area contributed by atoms with Gasteiger partial charge in [-0.25, -0.2) is 0 Å². The molecule has 0 aliphatic carbocycles. The van der Waals surface area contributed by atoms with Crippen LogP contribution < -0.4 is 10.5 Å². The van der Waals surface area contributed by atoms with Crippen molar-refractivity contribution in [2.45, 2.75) is 30.4 Å². The molecule has 0 atom stereocenters. The Balaban J connectivity index is 1.76. The predicted molar refractivity (Wildman–Crippen MR) is 105 cm³/mol. The number of nitrogens with two attached hydrogens (primary N) is 1. The molecule has 3 rings (SSSR count). The maximum atomic E-state index is 13.1. The molecule has 11 heteroatoms. The zero-order chi connectivity index (χ0) is 20.1. The normalized spacial score (nSPS) is 14.7. The summed E-state index contributed by atoms with van der Waals surface area (Å²) in [5, 5.41) is 19.0. The molecule has 0 saturated carbocycles. The van der Waals surface area contributed by atoms with Crippen molar-refractivity contribution in [2.24, 2.45) is 5.14 Å². The van der Waals surface area contributed by atoms with Gasteiger partial charge in [0.15, 0.2) is 0 Å². The summed E-state index contributed by atoms with van der Waals surface area (Å²) >= 11 is 7.21. The number of carbonyl (C=O) groups is 1. The van der Waals surface area contributed by atoms with E-state index in [9.17, 15) is 14.9 Å². The molecule has 1 aliphatic rings. The molecule has 2 aromatic rings. The molecule has 2 heterocycles. The molecule has 0 spiro atoms. The van der Waals surface area contributed by atoms with Crippen molar-refractivity contribution in [3.05, 3.63) is 57.0 Å². The summed E-state index contributed by atoms with van der Waals surface area (Å²) < 4.78 is 5.31. The fraction of sp³-hybridized carbons (Fsp3) is 0.353. The van der Waals surface area contributed by atoms with Gasteiger partial charge in [-0.3, -0.25) is 9.93 Å². The lowest BCUT2D eigenvalue weighted by Gasteiger charge is -2.31. The molecule has 0 unspecified atom stereocenters. The van der Waals surface area contributed by atoms with E-state index >= 15 is 0 Å². The van der Waals surface area contributed by atoms with Crippen LogP contribution in [-0.4, -0.2) is 35.1 Å². The van der Waals surface area contributed by atoms with Crippen LogP contribution >= 0.6 is 23.5 Å². The van der Waals surface area contributed by atoms with Gasteiger partial charge in [-0.05, 0) is 49.1 Å². The molecule has 1 aromatic heterocycles. The number of piperidine rings is 1. The van der Waals surface area contributed by atoms with E-state index in [1.54, 1.807) is 29.4 Å². The van der Waals surface area contributed by atoms with Gasteiger partial charge >= 0.3 is 0 Å². The SMILES string of the molecule is NSc1cc(C(=O)N2CCC(O[N+](=O)[O-])CC2)c(NCc2ccco2)cc1Cl. The van der Waals surface area contributed by atoms with Crippen molar-refractivity contribution < 1.29 is 19.1 Å². The minimum Gasteiger partial charge on any atom is -0.467 e. The molecule has 1 aliphatic heterocycles. The Morgan fingerprint density at radius 1 is 1.46 bits per heavy atom. The molecular formula is C17H19ClN4O5S. The highest BCUT2D eigenvalue weighted by molar-refractivity contribution is 7.97. The number of furan rings is 1. The molecule has 3 N–H and O–H groups in total. The van der Waals surface area contributed by atoms with E-state index in [2.05, 4.69) is 10.2 Å². The van der Waals surface area contributed by atoms with Gasteiger partial charge in [0.2, 0.25) is 0 Å². The highest BCUT2D eigenvalue weighted by atomic mass is 35.5. The number of carbonyl (C=O) groups excluding carboxylic acids is 1. The molecule has 0 bridgehead atoms. The number of halogens is 1. The first-order valence-corrected chi connectivity index (χ1v) is 9.80. The van der Waals surface area contributed by atoms with Crippen LogP contribution in [-0.2, 0) is 11.4 Å². The number of hydrogen-bond acceptors (Lipinski definition) is 8. The minimum atomic E-state index is -0.789. The summed E-state index contributed by atoms with van der Waals surface area (Å²) in [5.41, 5.74) is 0.991. The van der Waals surface area contributed by atoms with Crippen molar-refractivity contribution in [1.82, 2.24) is 4.90 Å². The maximum absolute atomic E-state index is 13.1. The Bertz CT molecular complexity index is 840. The fourth-order valence-corrected chi connectivity index (χ4v) is 3.67. The van der Waals surface area contributed by atoms with Crippen molar-refractivity contribution >= 4 is 35.1 Å². The first-order valence-electron chi connectivity index (χ1n) is 8.55. The second-order valence-electron chi connectivity index (χ2n) is 6.20. The van der Waals surface area contributed by atoms with E-state index in [1.165, 1.54) is 0 Å². The van der Waals surface area contributed by atoms with Gasteiger partial charge in [-0.2, -0.15) is 0 Å².